The lowest BCUT2D eigenvalue weighted by molar-refractivity contribution is 0.204. The number of nitrogens with zero attached hydrogens (tertiary/aromatic N) is 2. The van der Waals surface area contributed by atoms with Gasteiger partial charge in [-0.25, -0.2) is 4.39 Å². The standard InChI is InChI=1S/C13H19ClFN3O/c14-10-8-12(16)13(9-11(10)15)18-3-1-2-17(4-5-18)6-7-19/h8-9,19H,1-7,16H2. The van der Waals surface area contributed by atoms with Crippen LogP contribution in [0.4, 0.5) is 15.8 Å². The van der Waals surface area contributed by atoms with E-state index in [0.717, 1.165) is 32.6 Å². The molecule has 0 bridgehead atoms. The maximum atomic E-state index is 13.6. The number of anilines is 2. The fraction of sp³-hybridized carbons (Fsp3) is 0.538. The zero-order chi connectivity index (χ0) is 13.8. The molecular formula is C13H19ClFN3O. The quantitative estimate of drug-likeness (QED) is 0.829. The Bertz CT molecular complexity index is 444. The number of nitrogens with two attached hydrogens (primary N) is 1. The van der Waals surface area contributed by atoms with Gasteiger partial charge in [0.05, 0.1) is 23.0 Å². The summed E-state index contributed by atoms with van der Waals surface area (Å²) in [6, 6.07) is 2.86. The van der Waals surface area contributed by atoms with Gasteiger partial charge in [0, 0.05) is 32.2 Å². The monoisotopic (exact) mass is 287 g/mol. The zero-order valence-corrected chi connectivity index (χ0v) is 11.5. The lowest BCUT2D eigenvalue weighted by Gasteiger charge is -2.25. The Kier molecular flexibility index (Phi) is 4.85. The third-order valence-corrected chi connectivity index (χ3v) is 3.70. The number of benzene rings is 1. The Morgan fingerprint density at radius 1 is 1.26 bits per heavy atom. The van der Waals surface area contributed by atoms with Gasteiger partial charge in [-0.2, -0.15) is 0 Å². The fourth-order valence-corrected chi connectivity index (χ4v) is 2.57. The predicted octanol–water partition coefficient (Wildman–Crippen LogP) is 1.57. The summed E-state index contributed by atoms with van der Waals surface area (Å²) in [7, 11) is 0. The van der Waals surface area contributed by atoms with Crippen LogP contribution >= 0.6 is 11.6 Å². The Morgan fingerprint density at radius 2 is 2.05 bits per heavy atom. The van der Waals surface area contributed by atoms with Gasteiger partial charge < -0.3 is 15.7 Å². The van der Waals surface area contributed by atoms with Crippen molar-refractivity contribution >= 4 is 23.0 Å². The van der Waals surface area contributed by atoms with Gasteiger partial charge in [0.25, 0.3) is 0 Å². The molecule has 0 amide bonds. The van der Waals surface area contributed by atoms with E-state index < -0.39 is 5.82 Å². The molecule has 6 heteroatoms. The molecule has 0 spiro atoms. The molecule has 0 unspecified atom stereocenters. The van der Waals surface area contributed by atoms with Crippen molar-refractivity contribution in [3.63, 3.8) is 0 Å². The number of hydrogen-bond donors (Lipinski definition) is 2. The van der Waals surface area contributed by atoms with E-state index in [2.05, 4.69) is 9.80 Å². The van der Waals surface area contributed by atoms with E-state index in [1.165, 1.54) is 12.1 Å². The molecule has 1 heterocycles. The number of halogens is 2. The molecule has 0 aliphatic carbocycles. The van der Waals surface area contributed by atoms with Crippen LogP contribution in [0, 0.1) is 5.82 Å². The van der Waals surface area contributed by atoms with Gasteiger partial charge >= 0.3 is 0 Å². The van der Waals surface area contributed by atoms with Crippen LogP contribution in [0.1, 0.15) is 6.42 Å². The predicted molar refractivity (Wildman–Crippen MR) is 76.2 cm³/mol. The first kappa shape index (κ1) is 14.4. The van der Waals surface area contributed by atoms with Crippen molar-refractivity contribution in [2.45, 2.75) is 6.42 Å². The number of hydrogen-bond acceptors (Lipinski definition) is 4. The lowest BCUT2D eigenvalue weighted by atomic mass is 10.2. The van der Waals surface area contributed by atoms with Crippen LogP contribution in [0.3, 0.4) is 0 Å². The van der Waals surface area contributed by atoms with E-state index in [1.54, 1.807) is 0 Å². The molecule has 2 rings (SSSR count). The normalized spacial score (nSPS) is 17.5. The Morgan fingerprint density at radius 3 is 2.79 bits per heavy atom. The molecule has 1 saturated heterocycles. The molecule has 19 heavy (non-hydrogen) atoms. The Labute approximate surface area is 117 Å². The van der Waals surface area contributed by atoms with Crippen molar-refractivity contribution in [2.75, 3.05) is 50.0 Å². The molecule has 0 saturated carbocycles. The summed E-state index contributed by atoms with van der Waals surface area (Å²) >= 11 is 5.71. The van der Waals surface area contributed by atoms with Gasteiger partial charge in [-0.1, -0.05) is 11.6 Å². The largest absolute Gasteiger partial charge is 0.397 e. The fourth-order valence-electron chi connectivity index (χ4n) is 2.40. The van der Waals surface area contributed by atoms with Crippen LogP contribution in [0.25, 0.3) is 0 Å². The summed E-state index contributed by atoms with van der Waals surface area (Å²) < 4.78 is 13.6. The van der Waals surface area contributed by atoms with Crippen LogP contribution in [-0.2, 0) is 0 Å². The second-order valence-electron chi connectivity index (χ2n) is 4.73. The third-order valence-electron chi connectivity index (χ3n) is 3.42. The first-order valence-electron chi connectivity index (χ1n) is 6.44. The number of β-amino-alcohol motifs (C(OH)–C–C–N with tert-alkyl or cyclic N) is 1. The molecule has 1 aliphatic heterocycles. The maximum absolute atomic E-state index is 13.6. The average molecular weight is 288 g/mol. The smallest absolute Gasteiger partial charge is 0.144 e. The van der Waals surface area contributed by atoms with Crippen LogP contribution in [0.2, 0.25) is 5.02 Å². The summed E-state index contributed by atoms with van der Waals surface area (Å²) in [4.78, 5) is 4.27. The van der Waals surface area contributed by atoms with Crippen molar-refractivity contribution in [2.24, 2.45) is 0 Å². The van der Waals surface area contributed by atoms with E-state index in [0.29, 0.717) is 17.9 Å². The highest BCUT2D eigenvalue weighted by Gasteiger charge is 2.17. The SMILES string of the molecule is Nc1cc(Cl)c(F)cc1N1CCCN(CCO)CC1. The lowest BCUT2D eigenvalue weighted by Crippen LogP contribution is -2.32. The first-order valence-corrected chi connectivity index (χ1v) is 6.82. The first-order chi connectivity index (χ1) is 9.11. The summed E-state index contributed by atoms with van der Waals surface area (Å²) in [5, 5.41) is 9.02. The molecule has 0 radical (unpaired) electrons. The molecule has 4 nitrogen and oxygen atoms in total. The summed E-state index contributed by atoms with van der Waals surface area (Å²) in [6.07, 6.45) is 0.962. The maximum Gasteiger partial charge on any atom is 0.144 e. The van der Waals surface area contributed by atoms with Crippen LogP contribution in [-0.4, -0.2) is 49.3 Å². The minimum atomic E-state index is -0.442. The summed E-state index contributed by atoms with van der Waals surface area (Å²) in [5.74, 6) is -0.442. The Balaban J connectivity index is 2.12. The molecule has 3 N–H and O–H groups in total. The minimum Gasteiger partial charge on any atom is -0.397 e. The summed E-state index contributed by atoms with van der Waals surface area (Å²) in [5.41, 5.74) is 7.12. The van der Waals surface area contributed by atoms with Gasteiger partial charge in [-0.3, -0.25) is 4.90 Å². The highest BCUT2D eigenvalue weighted by Crippen LogP contribution is 2.29. The van der Waals surface area contributed by atoms with Gasteiger partial charge in [0.2, 0.25) is 0 Å². The van der Waals surface area contributed by atoms with Crippen molar-refractivity contribution in [3.8, 4) is 0 Å². The van der Waals surface area contributed by atoms with Crippen molar-refractivity contribution < 1.29 is 9.50 Å². The second-order valence-corrected chi connectivity index (χ2v) is 5.14. The van der Waals surface area contributed by atoms with Crippen molar-refractivity contribution in [3.05, 3.63) is 23.0 Å². The molecule has 1 aromatic carbocycles. The topological polar surface area (TPSA) is 52.7 Å². The van der Waals surface area contributed by atoms with Crippen molar-refractivity contribution in [1.82, 2.24) is 4.90 Å². The number of aliphatic hydroxyl groups is 1. The van der Waals surface area contributed by atoms with Gasteiger partial charge in [0.15, 0.2) is 0 Å². The van der Waals surface area contributed by atoms with Gasteiger partial charge in [-0.05, 0) is 19.0 Å². The molecule has 106 valence electrons. The highest BCUT2D eigenvalue weighted by atomic mass is 35.5. The third kappa shape index (κ3) is 3.49. The molecule has 1 aromatic rings. The van der Waals surface area contributed by atoms with Crippen LogP contribution < -0.4 is 10.6 Å². The minimum absolute atomic E-state index is 0.0537. The van der Waals surface area contributed by atoms with E-state index in [1.807, 2.05) is 0 Å². The zero-order valence-electron chi connectivity index (χ0n) is 10.8. The second kappa shape index (κ2) is 6.41. The molecule has 1 aliphatic rings. The van der Waals surface area contributed by atoms with E-state index in [9.17, 15) is 4.39 Å². The highest BCUT2D eigenvalue weighted by molar-refractivity contribution is 6.31. The Hall–Kier alpha value is -1.04. The van der Waals surface area contributed by atoms with Gasteiger partial charge in [0.1, 0.15) is 5.82 Å². The van der Waals surface area contributed by atoms with E-state index >= 15 is 0 Å². The van der Waals surface area contributed by atoms with E-state index in [4.69, 9.17) is 22.4 Å². The molecular weight excluding hydrogens is 269 g/mol. The van der Waals surface area contributed by atoms with Gasteiger partial charge in [-0.15, -0.1) is 0 Å². The molecule has 1 fully saturated rings. The van der Waals surface area contributed by atoms with E-state index in [-0.39, 0.29) is 11.6 Å². The van der Waals surface area contributed by atoms with Crippen molar-refractivity contribution in [1.29, 1.82) is 0 Å². The number of nitrogen functional groups attached to an aromatic ring is 1. The molecule has 0 aromatic heterocycles. The summed E-state index contributed by atoms with van der Waals surface area (Å²) in [6.45, 7) is 4.21. The average Bonchev–Trinajstić information content (AvgIpc) is 2.60. The number of aliphatic hydroxyl groups excluding tert-OH is 1. The van der Waals surface area contributed by atoms with Crippen LogP contribution in [0.15, 0.2) is 12.1 Å². The molecule has 0 atom stereocenters. The number of rotatable bonds is 3. The van der Waals surface area contributed by atoms with Crippen LogP contribution in [0.5, 0.6) is 0 Å².